The number of hydrogen-bond donors (Lipinski definition) is 3. The van der Waals surface area contributed by atoms with E-state index in [2.05, 4.69) is 16.0 Å². The van der Waals surface area contributed by atoms with Crippen molar-refractivity contribution < 1.29 is 9.59 Å². The number of rotatable bonds is 4. The molecule has 0 saturated heterocycles. The zero-order valence-corrected chi connectivity index (χ0v) is 12.8. The average Bonchev–Trinajstić information content (AvgIpc) is 2.51. The summed E-state index contributed by atoms with van der Waals surface area (Å²) < 4.78 is 0. The van der Waals surface area contributed by atoms with Crippen molar-refractivity contribution in [3.05, 3.63) is 29.8 Å². The maximum Gasteiger partial charge on any atom is 0.227 e. The number of carbonyl (C=O) groups excluding carboxylic acids is 2. The van der Waals surface area contributed by atoms with Gasteiger partial charge in [-0.25, -0.2) is 0 Å². The summed E-state index contributed by atoms with van der Waals surface area (Å²) in [5, 5.41) is 8.80. The molecule has 1 aliphatic heterocycles. The molecular weight excluding hydrogens is 266 g/mol. The lowest BCUT2D eigenvalue weighted by molar-refractivity contribution is -0.130. The van der Waals surface area contributed by atoms with E-state index in [-0.39, 0.29) is 17.7 Å². The van der Waals surface area contributed by atoms with E-state index in [1.54, 1.807) is 7.05 Å². The van der Waals surface area contributed by atoms with Crippen LogP contribution in [0.25, 0.3) is 0 Å². The Kier molecular flexibility index (Phi) is 4.50. The molecule has 0 saturated carbocycles. The first-order chi connectivity index (χ1) is 9.94. The second kappa shape index (κ2) is 6.16. The minimum absolute atomic E-state index is 0.00557. The number of benzene rings is 1. The third kappa shape index (κ3) is 3.54. The minimum Gasteiger partial charge on any atom is -0.384 e. The maximum atomic E-state index is 12.3. The average molecular weight is 289 g/mol. The van der Waals surface area contributed by atoms with Crippen LogP contribution in [0.1, 0.15) is 19.4 Å². The third-order valence-electron chi connectivity index (χ3n) is 3.94. The molecule has 5 heteroatoms. The highest BCUT2D eigenvalue weighted by Crippen LogP contribution is 2.24. The topological polar surface area (TPSA) is 70.2 Å². The number of para-hydroxylation sites is 1. The lowest BCUT2D eigenvalue weighted by atomic mass is 9.90. The van der Waals surface area contributed by atoms with Crippen LogP contribution in [0, 0.1) is 11.3 Å². The molecule has 0 aliphatic carbocycles. The first-order valence-electron chi connectivity index (χ1n) is 7.25. The Bertz CT molecular complexity index is 540. The predicted molar refractivity (Wildman–Crippen MR) is 83.0 cm³/mol. The van der Waals surface area contributed by atoms with E-state index in [0.717, 1.165) is 17.7 Å². The Morgan fingerprint density at radius 1 is 1.33 bits per heavy atom. The van der Waals surface area contributed by atoms with Gasteiger partial charge in [0.25, 0.3) is 0 Å². The van der Waals surface area contributed by atoms with E-state index in [9.17, 15) is 9.59 Å². The molecule has 0 bridgehead atoms. The second-order valence-corrected chi connectivity index (χ2v) is 6.12. The number of amides is 2. The lowest BCUT2D eigenvalue weighted by Crippen LogP contribution is -2.46. The summed E-state index contributed by atoms with van der Waals surface area (Å²) in [6, 6.07) is 8.03. The lowest BCUT2D eigenvalue weighted by Gasteiger charge is -2.28. The van der Waals surface area contributed by atoms with Crippen molar-refractivity contribution in [2.24, 2.45) is 11.3 Å². The number of hydrogen-bond acceptors (Lipinski definition) is 3. The molecule has 0 radical (unpaired) electrons. The number of anilines is 1. The van der Waals surface area contributed by atoms with E-state index in [1.807, 2.05) is 38.1 Å². The van der Waals surface area contributed by atoms with Crippen LogP contribution < -0.4 is 16.0 Å². The molecule has 1 heterocycles. The Balaban J connectivity index is 1.92. The Labute approximate surface area is 125 Å². The molecule has 1 atom stereocenters. The fraction of sp³-hybridized carbons (Fsp3) is 0.500. The molecule has 1 aliphatic rings. The van der Waals surface area contributed by atoms with Gasteiger partial charge < -0.3 is 16.0 Å². The quantitative estimate of drug-likeness (QED) is 0.779. The summed E-state index contributed by atoms with van der Waals surface area (Å²) in [4.78, 5) is 24.0. The van der Waals surface area contributed by atoms with Crippen LogP contribution in [0.3, 0.4) is 0 Å². The van der Waals surface area contributed by atoms with E-state index < -0.39 is 5.41 Å². The van der Waals surface area contributed by atoms with Crippen molar-refractivity contribution >= 4 is 17.5 Å². The number of fused-ring (bicyclic) bond motifs is 1. The van der Waals surface area contributed by atoms with Crippen LogP contribution in [0.4, 0.5) is 5.69 Å². The summed E-state index contributed by atoms with van der Waals surface area (Å²) in [6.07, 6.45) is 0.732. The van der Waals surface area contributed by atoms with Crippen molar-refractivity contribution in [2.75, 3.05) is 25.5 Å². The van der Waals surface area contributed by atoms with Gasteiger partial charge in [0.1, 0.15) is 0 Å². The summed E-state index contributed by atoms with van der Waals surface area (Å²) in [5.41, 5.74) is 1.66. The normalized spacial score (nSPS) is 17.4. The first-order valence-corrected chi connectivity index (χ1v) is 7.25. The van der Waals surface area contributed by atoms with Gasteiger partial charge in [-0.15, -0.1) is 0 Å². The fourth-order valence-corrected chi connectivity index (χ4v) is 2.50. The van der Waals surface area contributed by atoms with Gasteiger partial charge in [0.05, 0.1) is 11.3 Å². The Hall–Kier alpha value is -2.04. The smallest absolute Gasteiger partial charge is 0.227 e. The van der Waals surface area contributed by atoms with Gasteiger partial charge >= 0.3 is 0 Å². The van der Waals surface area contributed by atoms with Crippen LogP contribution in [0.15, 0.2) is 24.3 Å². The molecule has 3 N–H and O–H groups in total. The van der Waals surface area contributed by atoms with Gasteiger partial charge in [0.15, 0.2) is 0 Å². The van der Waals surface area contributed by atoms with Gasteiger partial charge in [0.2, 0.25) is 11.8 Å². The van der Waals surface area contributed by atoms with Crippen LogP contribution in [-0.2, 0) is 16.0 Å². The van der Waals surface area contributed by atoms with Crippen molar-refractivity contribution in [3.8, 4) is 0 Å². The fourth-order valence-electron chi connectivity index (χ4n) is 2.50. The molecule has 0 spiro atoms. The van der Waals surface area contributed by atoms with Crippen molar-refractivity contribution in [1.29, 1.82) is 0 Å². The largest absolute Gasteiger partial charge is 0.384 e. The highest BCUT2D eigenvalue weighted by Gasteiger charge is 2.29. The zero-order chi connectivity index (χ0) is 15.5. The first kappa shape index (κ1) is 15.4. The minimum atomic E-state index is -0.607. The number of carbonyl (C=O) groups is 2. The molecule has 5 nitrogen and oxygen atoms in total. The van der Waals surface area contributed by atoms with Gasteiger partial charge in [-0.2, -0.15) is 0 Å². The SMILES string of the molecule is CNC(=O)C(C)(C)CNC(=O)C1CNc2ccccc2C1. The predicted octanol–water partition coefficient (Wildman–Crippen LogP) is 1.16. The van der Waals surface area contributed by atoms with E-state index in [0.29, 0.717) is 13.1 Å². The summed E-state index contributed by atoms with van der Waals surface area (Å²) >= 11 is 0. The Morgan fingerprint density at radius 2 is 2.05 bits per heavy atom. The van der Waals surface area contributed by atoms with Crippen LogP contribution >= 0.6 is 0 Å². The molecule has 1 unspecified atom stereocenters. The summed E-state index contributed by atoms with van der Waals surface area (Å²) in [7, 11) is 1.61. The van der Waals surface area contributed by atoms with Crippen LogP contribution in [-0.4, -0.2) is 32.0 Å². The molecule has 1 aromatic rings. The van der Waals surface area contributed by atoms with Gasteiger partial charge in [0, 0.05) is 25.8 Å². The van der Waals surface area contributed by atoms with Gasteiger partial charge in [-0.1, -0.05) is 18.2 Å². The van der Waals surface area contributed by atoms with Crippen molar-refractivity contribution in [3.63, 3.8) is 0 Å². The van der Waals surface area contributed by atoms with Gasteiger partial charge in [-0.05, 0) is 31.9 Å². The molecule has 0 aromatic heterocycles. The monoisotopic (exact) mass is 289 g/mol. The third-order valence-corrected chi connectivity index (χ3v) is 3.94. The van der Waals surface area contributed by atoms with Gasteiger partial charge in [-0.3, -0.25) is 9.59 Å². The van der Waals surface area contributed by atoms with Crippen molar-refractivity contribution in [1.82, 2.24) is 10.6 Å². The zero-order valence-electron chi connectivity index (χ0n) is 12.8. The summed E-state index contributed by atoms with van der Waals surface area (Å²) in [5.74, 6) is -0.177. The van der Waals surface area contributed by atoms with E-state index in [1.165, 1.54) is 0 Å². The van der Waals surface area contributed by atoms with E-state index in [4.69, 9.17) is 0 Å². The Morgan fingerprint density at radius 3 is 2.76 bits per heavy atom. The molecule has 114 valence electrons. The standard InChI is InChI=1S/C16H23N3O2/c1-16(2,15(21)17-3)10-19-14(20)12-8-11-6-4-5-7-13(11)18-9-12/h4-7,12,18H,8-10H2,1-3H3,(H,17,21)(H,19,20). The maximum absolute atomic E-state index is 12.3. The molecule has 2 amide bonds. The van der Waals surface area contributed by atoms with Crippen molar-refractivity contribution in [2.45, 2.75) is 20.3 Å². The molecule has 1 aromatic carbocycles. The second-order valence-electron chi connectivity index (χ2n) is 6.12. The highest BCUT2D eigenvalue weighted by molar-refractivity contribution is 5.84. The molecule has 2 rings (SSSR count). The van der Waals surface area contributed by atoms with Crippen LogP contribution in [0.5, 0.6) is 0 Å². The number of nitrogens with one attached hydrogen (secondary N) is 3. The highest BCUT2D eigenvalue weighted by atomic mass is 16.2. The molecule has 21 heavy (non-hydrogen) atoms. The molecular formula is C16H23N3O2. The summed E-state index contributed by atoms with van der Waals surface area (Å²) in [6.45, 7) is 4.61. The van der Waals surface area contributed by atoms with Crippen LogP contribution in [0.2, 0.25) is 0 Å². The molecule has 0 fully saturated rings. The van der Waals surface area contributed by atoms with E-state index >= 15 is 0 Å².